The first-order valence-electron chi connectivity index (χ1n) is 6.14. The van der Waals surface area contributed by atoms with Crippen molar-refractivity contribution in [3.63, 3.8) is 0 Å². The maximum atomic E-state index is 13.0. The molecule has 5 heteroatoms. The highest BCUT2D eigenvalue weighted by atomic mass is 19.2. The van der Waals surface area contributed by atoms with E-state index < -0.39 is 17.7 Å². The summed E-state index contributed by atoms with van der Waals surface area (Å²) in [5.41, 5.74) is 1.02. The van der Waals surface area contributed by atoms with Crippen LogP contribution in [0.3, 0.4) is 0 Å². The molecule has 1 amide bonds. The Morgan fingerprint density at radius 1 is 1.00 bits per heavy atom. The van der Waals surface area contributed by atoms with Crippen LogP contribution in [0.25, 0.3) is 0 Å². The van der Waals surface area contributed by atoms with Gasteiger partial charge >= 0.3 is 0 Å². The molecule has 0 aliphatic heterocycles. The van der Waals surface area contributed by atoms with Gasteiger partial charge in [-0.25, -0.2) is 8.78 Å². The fourth-order valence-electron chi connectivity index (χ4n) is 1.67. The number of hydrogen-bond acceptors (Lipinski definition) is 2. The summed E-state index contributed by atoms with van der Waals surface area (Å²) in [4.78, 5) is 11.9. The molecule has 1 atom stereocenters. The van der Waals surface area contributed by atoms with Gasteiger partial charge in [0.25, 0.3) is 0 Å². The molecule has 104 valence electrons. The lowest BCUT2D eigenvalue weighted by atomic mass is 10.2. The van der Waals surface area contributed by atoms with Gasteiger partial charge in [-0.3, -0.25) is 4.79 Å². The highest BCUT2D eigenvalue weighted by molar-refractivity contribution is 5.96. The van der Waals surface area contributed by atoms with Gasteiger partial charge in [0.15, 0.2) is 11.6 Å². The van der Waals surface area contributed by atoms with Gasteiger partial charge in [0.05, 0.1) is 0 Å². The third-order valence-corrected chi connectivity index (χ3v) is 2.74. The van der Waals surface area contributed by atoms with Crippen molar-refractivity contribution in [1.82, 2.24) is 0 Å². The van der Waals surface area contributed by atoms with Crippen LogP contribution in [0, 0.1) is 11.6 Å². The fourth-order valence-corrected chi connectivity index (χ4v) is 1.67. The van der Waals surface area contributed by atoms with Crippen LogP contribution in [0.2, 0.25) is 0 Å². The SMILES string of the molecule is CC(Nc1ccccc1)C(=O)Nc1ccc(F)c(F)c1. The van der Waals surface area contributed by atoms with E-state index in [2.05, 4.69) is 10.6 Å². The number of halogens is 2. The second kappa shape index (κ2) is 6.14. The van der Waals surface area contributed by atoms with Crippen LogP contribution in [0.5, 0.6) is 0 Å². The van der Waals surface area contributed by atoms with Crippen LogP contribution < -0.4 is 10.6 Å². The van der Waals surface area contributed by atoms with E-state index >= 15 is 0 Å². The minimum atomic E-state index is -0.994. The largest absolute Gasteiger partial charge is 0.374 e. The van der Waals surface area contributed by atoms with Crippen molar-refractivity contribution in [2.75, 3.05) is 10.6 Å². The van der Waals surface area contributed by atoms with E-state index in [-0.39, 0.29) is 11.6 Å². The van der Waals surface area contributed by atoms with Crippen LogP contribution in [-0.4, -0.2) is 11.9 Å². The molecule has 0 aliphatic rings. The number of carbonyl (C=O) groups excluding carboxylic acids is 1. The minimum Gasteiger partial charge on any atom is -0.374 e. The molecule has 3 nitrogen and oxygen atoms in total. The van der Waals surface area contributed by atoms with Crippen LogP contribution in [-0.2, 0) is 4.79 Å². The molecular weight excluding hydrogens is 262 g/mol. The van der Waals surface area contributed by atoms with E-state index in [9.17, 15) is 13.6 Å². The molecule has 2 aromatic rings. The monoisotopic (exact) mass is 276 g/mol. The molecule has 20 heavy (non-hydrogen) atoms. The van der Waals surface area contributed by atoms with Gasteiger partial charge in [0.1, 0.15) is 6.04 Å². The third kappa shape index (κ3) is 3.54. The molecule has 2 aromatic carbocycles. The second-order valence-electron chi connectivity index (χ2n) is 4.35. The Kier molecular flexibility index (Phi) is 4.30. The number of carbonyl (C=O) groups is 1. The standard InChI is InChI=1S/C15H14F2N2O/c1-10(18-11-5-3-2-4-6-11)15(20)19-12-7-8-13(16)14(17)9-12/h2-10,18H,1H3,(H,19,20). The highest BCUT2D eigenvalue weighted by Crippen LogP contribution is 2.14. The molecule has 0 saturated heterocycles. The Labute approximate surface area is 115 Å². The number of para-hydroxylation sites is 1. The van der Waals surface area contributed by atoms with Gasteiger partial charge in [-0.15, -0.1) is 0 Å². The van der Waals surface area contributed by atoms with Gasteiger partial charge in [-0.1, -0.05) is 18.2 Å². The molecule has 0 aliphatic carbocycles. The van der Waals surface area contributed by atoms with Crippen molar-refractivity contribution in [2.45, 2.75) is 13.0 Å². The molecule has 0 heterocycles. The van der Waals surface area contributed by atoms with Crippen LogP contribution in [0.15, 0.2) is 48.5 Å². The maximum Gasteiger partial charge on any atom is 0.246 e. The van der Waals surface area contributed by atoms with Crippen LogP contribution >= 0.6 is 0 Å². The highest BCUT2D eigenvalue weighted by Gasteiger charge is 2.13. The van der Waals surface area contributed by atoms with E-state index in [4.69, 9.17) is 0 Å². The fraction of sp³-hybridized carbons (Fsp3) is 0.133. The quantitative estimate of drug-likeness (QED) is 0.898. The first-order valence-corrected chi connectivity index (χ1v) is 6.14. The Balaban J connectivity index is 1.99. The molecule has 0 radical (unpaired) electrons. The lowest BCUT2D eigenvalue weighted by molar-refractivity contribution is -0.116. The predicted octanol–water partition coefficient (Wildman–Crippen LogP) is 3.40. The Morgan fingerprint density at radius 2 is 1.70 bits per heavy atom. The van der Waals surface area contributed by atoms with Crippen molar-refractivity contribution in [3.05, 3.63) is 60.2 Å². The summed E-state index contributed by atoms with van der Waals surface area (Å²) >= 11 is 0. The lowest BCUT2D eigenvalue weighted by Gasteiger charge is -2.15. The van der Waals surface area contributed by atoms with Crippen molar-refractivity contribution >= 4 is 17.3 Å². The maximum absolute atomic E-state index is 13.0. The van der Waals surface area contributed by atoms with Crippen molar-refractivity contribution in [2.24, 2.45) is 0 Å². The molecule has 0 saturated carbocycles. The van der Waals surface area contributed by atoms with Crippen LogP contribution in [0.4, 0.5) is 20.2 Å². The normalized spacial score (nSPS) is 11.8. The number of benzene rings is 2. The van der Waals surface area contributed by atoms with E-state index in [1.807, 2.05) is 30.3 Å². The summed E-state index contributed by atoms with van der Waals surface area (Å²) in [6, 6.07) is 12.0. The molecule has 0 bridgehead atoms. The molecule has 1 unspecified atom stereocenters. The van der Waals surface area contributed by atoms with Crippen molar-refractivity contribution in [1.29, 1.82) is 0 Å². The number of rotatable bonds is 4. The number of hydrogen-bond donors (Lipinski definition) is 2. The molecule has 0 fully saturated rings. The summed E-state index contributed by atoms with van der Waals surface area (Å²) in [6.45, 7) is 1.68. The Hall–Kier alpha value is -2.43. The number of nitrogens with one attached hydrogen (secondary N) is 2. The van der Waals surface area contributed by atoms with Gasteiger partial charge in [0.2, 0.25) is 5.91 Å². The van der Waals surface area contributed by atoms with E-state index in [1.54, 1.807) is 6.92 Å². The second-order valence-corrected chi connectivity index (χ2v) is 4.35. The molecule has 2 N–H and O–H groups in total. The number of anilines is 2. The number of amides is 1. The van der Waals surface area contributed by atoms with Gasteiger partial charge in [-0.05, 0) is 31.2 Å². The Morgan fingerprint density at radius 3 is 2.35 bits per heavy atom. The summed E-state index contributed by atoms with van der Waals surface area (Å²) < 4.78 is 25.8. The first kappa shape index (κ1) is 14.0. The summed E-state index contributed by atoms with van der Waals surface area (Å²) in [5, 5.41) is 5.53. The molecule has 0 aromatic heterocycles. The lowest BCUT2D eigenvalue weighted by Crippen LogP contribution is -2.31. The van der Waals surface area contributed by atoms with Gasteiger partial charge < -0.3 is 10.6 Å². The van der Waals surface area contributed by atoms with Crippen molar-refractivity contribution in [3.8, 4) is 0 Å². The Bertz CT molecular complexity index is 602. The molecular formula is C15H14F2N2O. The van der Waals surface area contributed by atoms with E-state index in [1.165, 1.54) is 6.07 Å². The smallest absolute Gasteiger partial charge is 0.246 e. The van der Waals surface area contributed by atoms with E-state index in [0.29, 0.717) is 0 Å². The average Bonchev–Trinajstić information content (AvgIpc) is 2.44. The molecule has 0 spiro atoms. The summed E-state index contributed by atoms with van der Waals surface area (Å²) in [6.07, 6.45) is 0. The zero-order valence-electron chi connectivity index (χ0n) is 10.9. The predicted molar refractivity (Wildman–Crippen MR) is 74.5 cm³/mol. The van der Waals surface area contributed by atoms with Crippen LogP contribution in [0.1, 0.15) is 6.92 Å². The first-order chi connectivity index (χ1) is 9.56. The summed E-state index contributed by atoms with van der Waals surface area (Å²) in [7, 11) is 0. The summed E-state index contributed by atoms with van der Waals surface area (Å²) in [5.74, 6) is -2.27. The topological polar surface area (TPSA) is 41.1 Å². The average molecular weight is 276 g/mol. The van der Waals surface area contributed by atoms with E-state index in [0.717, 1.165) is 17.8 Å². The zero-order valence-corrected chi connectivity index (χ0v) is 10.9. The van der Waals surface area contributed by atoms with Gasteiger partial charge in [-0.2, -0.15) is 0 Å². The zero-order chi connectivity index (χ0) is 14.5. The minimum absolute atomic E-state index is 0.218. The van der Waals surface area contributed by atoms with Gasteiger partial charge in [0, 0.05) is 17.4 Å². The van der Waals surface area contributed by atoms with Crippen molar-refractivity contribution < 1.29 is 13.6 Å². The molecule has 2 rings (SSSR count). The third-order valence-electron chi connectivity index (χ3n) is 2.74.